The van der Waals surface area contributed by atoms with E-state index in [0.29, 0.717) is 31.3 Å². The molecule has 1 amide bonds. The molecular weight excluding hydrogens is 370 g/mol. The molecule has 0 aliphatic rings. The van der Waals surface area contributed by atoms with E-state index < -0.39 is 0 Å². The Labute approximate surface area is 172 Å². The number of carbonyl (C=O) groups is 1. The van der Waals surface area contributed by atoms with E-state index in [4.69, 9.17) is 18.9 Å². The highest BCUT2D eigenvalue weighted by molar-refractivity contribution is 5.91. The molecule has 0 bridgehead atoms. The minimum Gasteiger partial charge on any atom is -0.494 e. The number of amides is 1. The second-order valence-corrected chi connectivity index (χ2v) is 6.45. The predicted octanol–water partition coefficient (Wildman–Crippen LogP) is 4.09. The van der Waals surface area contributed by atoms with E-state index in [2.05, 4.69) is 5.32 Å². The van der Waals surface area contributed by atoms with Gasteiger partial charge in [0.05, 0.1) is 26.4 Å². The number of carbonyl (C=O) groups excluding carboxylic acids is 1. The molecule has 2 aromatic carbocycles. The summed E-state index contributed by atoms with van der Waals surface area (Å²) in [5.41, 5.74) is 0.846. The zero-order valence-electron chi connectivity index (χ0n) is 17.4. The lowest BCUT2D eigenvalue weighted by Crippen LogP contribution is -2.26. The number of methoxy groups -OCH3 is 1. The van der Waals surface area contributed by atoms with Crippen molar-refractivity contribution in [2.24, 2.45) is 0 Å². The first-order valence-corrected chi connectivity index (χ1v) is 9.68. The van der Waals surface area contributed by atoms with Crippen LogP contribution in [0, 0.1) is 0 Å². The Kier molecular flexibility index (Phi) is 8.89. The fourth-order valence-corrected chi connectivity index (χ4v) is 2.51. The molecule has 6 heteroatoms. The third-order valence-corrected chi connectivity index (χ3v) is 3.78. The summed E-state index contributed by atoms with van der Waals surface area (Å²) < 4.78 is 22.0. The minimum atomic E-state index is -0.193. The summed E-state index contributed by atoms with van der Waals surface area (Å²) in [5.74, 6) is 2.65. The van der Waals surface area contributed by atoms with Crippen molar-refractivity contribution >= 4 is 12.0 Å². The van der Waals surface area contributed by atoms with Gasteiger partial charge in [-0.2, -0.15) is 0 Å². The molecule has 6 nitrogen and oxygen atoms in total. The Balaban J connectivity index is 1.77. The lowest BCUT2D eigenvalue weighted by atomic mass is 10.2. The van der Waals surface area contributed by atoms with E-state index in [9.17, 15) is 4.79 Å². The van der Waals surface area contributed by atoms with Gasteiger partial charge in [-0.3, -0.25) is 4.79 Å². The zero-order chi connectivity index (χ0) is 21.1. The van der Waals surface area contributed by atoms with Crippen LogP contribution < -0.4 is 24.3 Å². The standard InChI is InChI=1S/C23H29NO5/c1-5-27-19-8-10-20(11-9-19)28-15-14-24-23(25)13-7-18-6-12-21(29-17(2)3)22(16-18)26-4/h6-13,16-17H,5,14-15H2,1-4H3,(H,24,25)/b13-7+. The Morgan fingerprint density at radius 1 is 1.03 bits per heavy atom. The highest BCUT2D eigenvalue weighted by Crippen LogP contribution is 2.29. The highest BCUT2D eigenvalue weighted by atomic mass is 16.5. The number of nitrogens with one attached hydrogen (secondary N) is 1. The number of rotatable bonds is 11. The summed E-state index contributed by atoms with van der Waals surface area (Å²) in [6.45, 7) is 7.26. The van der Waals surface area contributed by atoms with E-state index in [-0.39, 0.29) is 12.0 Å². The van der Waals surface area contributed by atoms with Gasteiger partial charge >= 0.3 is 0 Å². The summed E-state index contributed by atoms with van der Waals surface area (Å²) in [6.07, 6.45) is 3.26. The molecule has 0 spiro atoms. The molecule has 0 atom stereocenters. The molecule has 29 heavy (non-hydrogen) atoms. The average molecular weight is 399 g/mol. The van der Waals surface area contributed by atoms with Crippen molar-refractivity contribution in [3.05, 3.63) is 54.1 Å². The fraction of sp³-hybridized carbons (Fsp3) is 0.348. The first kappa shape index (κ1) is 22.1. The maximum Gasteiger partial charge on any atom is 0.244 e. The second-order valence-electron chi connectivity index (χ2n) is 6.45. The molecule has 156 valence electrons. The summed E-state index contributed by atoms with van der Waals surface area (Å²) >= 11 is 0. The molecule has 0 fully saturated rings. The lowest BCUT2D eigenvalue weighted by molar-refractivity contribution is -0.116. The average Bonchev–Trinajstić information content (AvgIpc) is 2.71. The first-order chi connectivity index (χ1) is 14.0. The molecule has 0 heterocycles. The SMILES string of the molecule is CCOc1ccc(OCCNC(=O)/C=C/c2ccc(OC(C)C)c(OC)c2)cc1. The van der Waals surface area contributed by atoms with Gasteiger partial charge in [0.1, 0.15) is 18.1 Å². The summed E-state index contributed by atoms with van der Waals surface area (Å²) in [5, 5.41) is 2.79. The van der Waals surface area contributed by atoms with Gasteiger partial charge in [-0.1, -0.05) is 6.07 Å². The van der Waals surface area contributed by atoms with Crippen LogP contribution in [0.3, 0.4) is 0 Å². The van der Waals surface area contributed by atoms with Crippen LogP contribution in [0.4, 0.5) is 0 Å². The highest BCUT2D eigenvalue weighted by Gasteiger charge is 2.06. The Morgan fingerprint density at radius 2 is 1.72 bits per heavy atom. The molecule has 1 N–H and O–H groups in total. The van der Waals surface area contributed by atoms with Crippen LogP contribution in [0.15, 0.2) is 48.5 Å². The molecule has 0 saturated carbocycles. The van der Waals surface area contributed by atoms with Crippen molar-refractivity contribution in [2.75, 3.05) is 26.9 Å². The Bertz CT molecular complexity index is 799. The van der Waals surface area contributed by atoms with Crippen molar-refractivity contribution in [3.63, 3.8) is 0 Å². The van der Waals surface area contributed by atoms with Crippen LogP contribution in [0.2, 0.25) is 0 Å². The molecule has 2 aromatic rings. The number of ether oxygens (including phenoxy) is 4. The molecule has 2 rings (SSSR count). The zero-order valence-corrected chi connectivity index (χ0v) is 17.4. The third-order valence-electron chi connectivity index (χ3n) is 3.78. The van der Waals surface area contributed by atoms with Crippen molar-refractivity contribution in [1.29, 1.82) is 0 Å². The fourth-order valence-electron chi connectivity index (χ4n) is 2.51. The molecule has 0 aliphatic heterocycles. The largest absolute Gasteiger partial charge is 0.494 e. The van der Waals surface area contributed by atoms with Crippen LogP contribution in [-0.2, 0) is 4.79 Å². The molecule has 0 saturated heterocycles. The molecule has 0 radical (unpaired) electrons. The predicted molar refractivity (Wildman–Crippen MR) is 114 cm³/mol. The van der Waals surface area contributed by atoms with Crippen LogP contribution in [0.25, 0.3) is 6.08 Å². The van der Waals surface area contributed by atoms with Crippen LogP contribution >= 0.6 is 0 Å². The third kappa shape index (κ3) is 7.78. The molecule has 0 unspecified atom stereocenters. The quantitative estimate of drug-likeness (QED) is 0.455. The van der Waals surface area contributed by atoms with E-state index in [1.807, 2.05) is 63.2 Å². The number of hydrogen-bond donors (Lipinski definition) is 1. The lowest BCUT2D eigenvalue weighted by Gasteiger charge is -2.13. The summed E-state index contributed by atoms with van der Waals surface area (Å²) in [7, 11) is 1.59. The number of hydrogen-bond acceptors (Lipinski definition) is 5. The monoisotopic (exact) mass is 399 g/mol. The van der Waals surface area contributed by atoms with Crippen molar-refractivity contribution in [2.45, 2.75) is 26.9 Å². The first-order valence-electron chi connectivity index (χ1n) is 9.68. The molecular formula is C23H29NO5. The number of benzene rings is 2. The van der Waals surface area contributed by atoms with Crippen molar-refractivity contribution < 1.29 is 23.7 Å². The van der Waals surface area contributed by atoms with Gasteiger partial charge in [0.2, 0.25) is 5.91 Å². The van der Waals surface area contributed by atoms with Crippen LogP contribution in [-0.4, -0.2) is 38.9 Å². The summed E-state index contributed by atoms with van der Waals surface area (Å²) in [4.78, 5) is 12.0. The summed E-state index contributed by atoms with van der Waals surface area (Å²) in [6, 6.07) is 12.9. The van der Waals surface area contributed by atoms with E-state index in [0.717, 1.165) is 17.1 Å². The van der Waals surface area contributed by atoms with Gasteiger partial charge in [-0.25, -0.2) is 0 Å². The van der Waals surface area contributed by atoms with Crippen molar-refractivity contribution in [3.8, 4) is 23.0 Å². The molecule has 0 aliphatic carbocycles. The van der Waals surface area contributed by atoms with Crippen LogP contribution in [0.5, 0.6) is 23.0 Å². The smallest absolute Gasteiger partial charge is 0.244 e. The van der Waals surface area contributed by atoms with Crippen molar-refractivity contribution in [1.82, 2.24) is 5.32 Å². The van der Waals surface area contributed by atoms with Gasteiger partial charge < -0.3 is 24.3 Å². The minimum absolute atomic E-state index is 0.0564. The maximum atomic E-state index is 12.0. The van der Waals surface area contributed by atoms with Gasteiger partial charge in [-0.05, 0) is 68.8 Å². The second kappa shape index (κ2) is 11.6. The van der Waals surface area contributed by atoms with E-state index in [1.54, 1.807) is 13.2 Å². The normalized spacial score (nSPS) is 10.8. The van der Waals surface area contributed by atoms with Gasteiger partial charge in [-0.15, -0.1) is 0 Å². The van der Waals surface area contributed by atoms with E-state index >= 15 is 0 Å². The molecule has 0 aromatic heterocycles. The topological polar surface area (TPSA) is 66.0 Å². The Hall–Kier alpha value is -3.15. The van der Waals surface area contributed by atoms with Gasteiger partial charge in [0.25, 0.3) is 0 Å². The van der Waals surface area contributed by atoms with Gasteiger partial charge in [0.15, 0.2) is 11.5 Å². The Morgan fingerprint density at radius 3 is 2.34 bits per heavy atom. The van der Waals surface area contributed by atoms with E-state index in [1.165, 1.54) is 6.08 Å². The van der Waals surface area contributed by atoms with Crippen LogP contribution in [0.1, 0.15) is 26.3 Å². The maximum absolute atomic E-state index is 12.0. The van der Waals surface area contributed by atoms with Gasteiger partial charge in [0, 0.05) is 6.08 Å².